The standard InChI is InChI=1S/C17H22ClN3O2/c1-5-21-12(4)16(11(3)20-21)19-15(22)10-13-8-7-9-14(18)17(13)23-6-2/h7-9H,5-6,10H2,1-4H3,(H,19,22). The van der Waals surface area contributed by atoms with Crippen LogP contribution in [0.2, 0.25) is 5.02 Å². The summed E-state index contributed by atoms with van der Waals surface area (Å²) in [6.45, 7) is 9.01. The van der Waals surface area contributed by atoms with Crippen LogP contribution in [0.1, 0.15) is 30.8 Å². The molecule has 0 bridgehead atoms. The van der Waals surface area contributed by atoms with E-state index in [2.05, 4.69) is 10.4 Å². The summed E-state index contributed by atoms with van der Waals surface area (Å²) in [6.07, 6.45) is 0.200. The molecule has 0 aliphatic carbocycles. The predicted octanol–water partition coefficient (Wildman–Crippen LogP) is 3.75. The van der Waals surface area contributed by atoms with Gasteiger partial charge in [-0.25, -0.2) is 0 Å². The molecule has 2 aromatic rings. The first-order chi connectivity index (χ1) is 11.0. The Morgan fingerprint density at radius 2 is 2.09 bits per heavy atom. The fourth-order valence-electron chi connectivity index (χ4n) is 2.54. The zero-order valence-electron chi connectivity index (χ0n) is 13.9. The fraction of sp³-hybridized carbons (Fsp3) is 0.412. The van der Waals surface area contributed by atoms with E-state index in [-0.39, 0.29) is 12.3 Å². The minimum atomic E-state index is -0.116. The number of para-hydroxylation sites is 1. The summed E-state index contributed by atoms with van der Waals surface area (Å²) >= 11 is 6.15. The van der Waals surface area contributed by atoms with Crippen LogP contribution in [0.4, 0.5) is 5.69 Å². The minimum absolute atomic E-state index is 0.116. The van der Waals surface area contributed by atoms with Crippen LogP contribution in [0.25, 0.3) is 0 Å². The molecular formula is C17H22ClN3O2. The molecule has 0 aliphatic heterocycles. The van der Waals surface area contributed by atoms with Gasteiger partial charge >= 0.3 is 0 Å². The molecule has 0 unspecified atom stereocenters. The Morgan fingerprint density at radius 1 is 1.35 bits per heavy atom. The number of ether oxygens (including phenoxy) is 1. The number of aromatic nitrogens is 2. The average Bonchev–Trinajstić information content (AvgIpc) is 2.78. The van der Waals surface area contributed by atoms with Crippen molar-refractivity contribution in [3.05, 3.63) is 40.2 Å². The van der Waals surface area contributed by atoms with Gasteiger partial charge in [0.1, 0.15) is 5.75 Å². The van der Waals surface area contributed by atoms with Crippen molar-refractivity contribution in [2.75, 3.05) is 11.9 Å². The van der Waals surface area contributed by atoms with Crippen molar-refractivity contribution in [3.8, 4) is 5.75 Å². The van der Waals surface area contributed by atoms with Crippen LogP contribution in [0.15, 0.2) is 18.2 Å². The number of amides is 1. The van der Waals surface area contributed by atoms with E-state index in [4.69, 9.17) is 16.3 Å². The second-order valence-corrected chi connectivity index (χ2v) is 5.65. The van der Waals surface area contributed by atoms with Crippen molar-refractivity contribution in [3.63, 3.8) is 0 Å². The Balaban J connectivity index is 2.18. The normalized spacial score (nSPS) is 10.7. The molecule has 2 rings (SSSR count). The second kappa shape index (κ2) is 7.51. The van der Waals surface area contributed by atoms with Gasteiger partial charge in [-0.05, 0) is 33.8 Å². The average molecular weight is 336 g/mol. The van der Waals surface area contributed by atoms with E-state index in [1.54, 1.807) is 6.07 Å². The Bertz CT molecular complexity index is 710. The molecule has 5 nitrogen and oxygen atoms in total. The Labute approximate surface area is 141 Å². The molecule has 0 aliphatic rings. The van der Waals surface area contributed by atoms with Gasteiger partial charge in [-0.2, -0.15) is 5.10 Å². The summed E-state index contributed by atoms with van der Waals surface area (Å²) in [5.41, 5.74) is 3.31. The molecule has 0 spiro atoms. The first kappa shape index (κ1) is 17.3. The number of halogens is 1. The maximum absolute atomic E-state index is 12.4. The maximum Gasteiger partial charge on any atom is 0.229 e. The number of carbonyl (C=O) groups excluding carboxylic acids is 1. The van der Waals surface area contributed by atoms with E-state index in [1.165, 1.54) is 0 Å². The van der Waals surface area contributed by atoms with Crippen molar-refractivity contribution < 1.29 is 9.53 Å². The zero-order valence-corrected chi connectivity index (χ0v) is 14.7. The molecule has 1 amide bonds. The van der Waals surface area contributed by atoms with Gasteiger partial charge in [-0.1, -0.05) is 23.7 Å². The minimum Gasteiger partial charge on any atom is -0.492 e. The molecule has 0 fully saturated rings. The van der Waals surface area contributed by atoms with Crippen LogP contribution in [-0.2, 0) is 17.8 Å². The molecule has 1 heterocycles. The highest BCUT2D eigenvalue weighted by Crippen LogP contribution is 2.29. The van der Waals surface area contributed by atoms with Gasteiger partial charge in [0.25, 0.3) is 0 Å². The van der Waals surface area contributed by atoms with E-state index in [1.807, 2.05) is 44.5 Å². The molecule has 1 aromatic heterocycles. The summed E-state index contributed by atoms with van der Waals surface area (Å²) in [6, 6.07) is 5.43. The highest BCUT2D eigenvalue weighted by atomic mass is 35.5. The summed E-state index contributed by atoms with van der Waals surface area (Å²) in [5, 5.41) is 7.87. The summed E-state index contributed by atoms with van der Waals surface area (Å²) in [4.78, 5) is 12.4. The van der Waals surface area contributed by atoms with Crippen LogP contribution < -0.4 is 10.1 Å². The summed E-state index contributed by atoms with van der Waals surface area (Å²) in [7, 11) is 0. The Morgan fingerprint density at radius 3 is 2.70 bits per heavy atom. The SMILES string of the molecule is CCOc1c(Cl)cccc1CC(=O)Nc1c(C)nn(CC)c1C. The lowest BCUT2D eigenvalue weighted by Crippen LogP contribution is -2.16. The van der Waals surface area contributed by atoms with E-state index < -0.39 is 0 Å². The van der Waals surface area contributed by atoms with E-state index in [9.17, 15) is 4.79 Å². The highest BCUT2D eigenvalue weighted by Gasteiger charge is 2.16. The third-order valence-electron chi connectivity index (χ3n) is 3.63. The van der Waals surface area contributed by atoms with E-state index >= 15 is 0 Å². The van der Waals surface area contributed by atoms with Crippen molar-refractivity contribution in [2.45, 2.75) is 40.7 Å². The predicted molar refractivity (Wildman–Crippen MR) is 92.3 cm³/mol. The van der Waals surface area contributed by atoms with Crippen LogP contribution in [-0.4, -0.2) is 22.3 Å². The number of aryl methyl sites for hydroxylation is 2. The van der Waals surface area contributed by atoms with Crippen LogP contribution in [0, 0.1) is 13.8 Å². The van der Waals surface area contributed by atoms with Gasteiger partial charge in [-0.15, -0.1) is 0 Å². The molecule has 6 heteroatoms. The number of hydrogen-bond acceptors (Lipinski definition) is 3. The number of hydrogen-bond donors (Lipinski definition) is 1. The lowest BCUT2D eigenvalue weighted by Gasteiger charge is -2.12. The molecule has 0 saturated carbocycles. The second-order valence-electron chi connectivity index (χ2n) is 5.25. The quantitative estimate of drug-likeness (QED) is 0.874. The van der Waals surface area contributed by atoms with Gasteiger partial charge < -0.3 is 10.1 Å². The Kier molecular flexibility index (Phi) is 5.66. The maximum atomic E-state index is 12.4. The summed E-state index contributed by atoms with van der Waals surface area (Å²) in [5.74, 6) is 0.458. The number of nitrogens with one attached hydrogen (secondary N) is 1. The Hall–Kier alpha value is -2.01. The summed E-state index contributed by atoms with van der Waals surface area (Å²) < 4.78 is 7.43. The fourth-order valence-corrected chi connectivity index (χ4v) is 2.79. The van der Waals surface area contributed by atoms with E-state index in [0.717, 1.165) is 29.2 Å². The molecule has 0 atom stereocenters. The van der Waals surface area contributed by atoms with Crippen molar-refractivity contribution in [1.82, 2.24) is 9.78 Å². The van der Waals surface area contributed by atoms with Gasteiger partial charge in [0.2, 0.25) is 5.91 Å². The van der Waals surface area contributed by atoms with Gasteiger partial charge in [0, 0.05) is 12.1 Å². The molecule has 1 aromatic carbocycles. The number of benzene rings is 1. The molecule has 124 valence electrons. The molecule has 23 heavy (non-hydrogen) atoms. The topological polar surface area (TPSA) is 56.1 Å². The van der Waals surface area contributed by atoms with Crippen LogP contribution >= 0.6 is 11.6 Å². The molecule has 0 saturated heterocycles. The molecule has 1 N–H and O–H groups in total. The lowest BCUT2D eigenvalue weighted by molar-refractivity contribution is -0.115. The third-order valence-corrected chi connectivity index (χ3v) is 3.93. The molecular weight excluding hydrogens is 314 g/mol. The van der Waals surface area contributed by atoms with E-state index in [0.29, 0.717) is 17.4 Å². The number of carbonyl (C=O) groups is 1. The lowest BCUT2D eigenvalue weighted by atomic mass is 10.1. The monoisotopic (exact) mass is 335 g/mol. The van der Waals surface area contributed by atoms with Crippen LogP contribution in [0.5, 0.6) is 5.75 Å². The number of anilines is 1. The van der Waals surface area contributed by atoms with Gasteiger partial charge in [-0.3, -0.25) is 9.48 Å². The van der Waals surface area contributed by atoms with Crippen molar-refractivity contribution in [1.29, 1.82) is 0 Å². The third kappa shape index (κ3) is 3.85. The highest BCUT2D eigenvalue weighted by molar-refractivity contribution is 6.32. The van der Waals surface area contributed by atoms with Crippen LogP contribution in [0.3, 0.4) is 0 Å². The zero-order chi connectivity index (χ0) is 17.0. The van der Waals surface area contributed by atoms with Crippen molar-refractivity contribution >= 4 is 23.2 Å². The van der Waals surface area contributed by atoms with Gasteiger partial charge in [0.05, 0.1) is 35.1 Å². The first-order valence-electron chi connectivity index (χ1n) is 7.71. The first-order valence-corrected chi connectivity index (χ1v) is 8.09. The number of nitrogens with zero attached hydrogens (tertiary/aromatic N) is 2. The smallest absolute Gasteiger partial charge is 0.229 e. The largest absolute Gasteiger partial charge is 0.492 e. The van der Waals surface area contributed by atoms with Crippen molar-refractivity contribution in [2.24, 2.45) is 0 Å². The number of rotatable bonds is 6. The molecule has 0 radical (unpaired) electrons. The van der Waals surface area contributed by atoms with Gasteiger partial charge in [0.15, 0.2) is 0 Å².